The summed E-state index contributed by atoms with van der Waals surface area (Å²) in [6.07, 6.45) is 0. The number of hydrogen-bond acceptors (Lipinski definition) is 12. The van der Waals surface area contributed by atoms with E-state index in [1.807, 2.05) is 48.5 Å². The molecule has 0 spiro atoms. The Balaban J connectivity index is 0. The molecule has 384 valence electrons. The molecule has 24 heteroatoms. The Bertz CT molecular complexity index is 3120. The van der Waals surface area contributed by atoms with Gasteiger partial charge in [-0.2, -0.15) is 0 Å². The Labute approximate surface area is 412 Å². The first-order valence-corrected chi connectivity index (χ1v) is 24.8. The maximum Gasteiger partial charge on any atom is 0.340 e. The molecule has 0 aliphatic rings. The maximum atomic E-state index is 11.0. The molecule has 0 atom stereocenters. The van der Waals surface area contributed by atoms with Crippen LogP contribution in [0.2, 0.25) is 0 Å². The number of fused-ring (bicyclic) bond motifs is 2. The van der Waals surface area contributed by atoms with Crippen LogP contribution < -0.4 is 21.7 Å². The van der Waals surface area contributed by atoms with E-state index in [1.165, 1.54) is 48.5 Å². The fourth-order valence-corrected chi connectivity index (χ4v) is 8.12. The molecule has 0 radical (unpaired) electrons. The fourth-order valence-electron chi connectivity index (χ4n) is 5.35. The maximum absolute atomic E-state index is 11.0. The van der Waals surface area contributed by atoms with Crippen LogP contribution >= 0.6 is 0 Å². The molecule has 12 N–H and O–H groups in total. The molecule has 0 saturated heterocycles. The van der Waals surface area contributed by atoms with Crippen molar-refractivity contribution < 1.29 is 93.0 Å². The van der Waals surface area contributed by atoms with Crippen LogP contribution in [0, 0.1) is 0 Å². The van der Waals surface area contributed by atoms with E-state index in [9.17, 15) is 51.9 Å². The first kappa shape index (κ1) is 66.5. The molecule has 0 amide bonds. The summed E-state index contributed by atoms with van der Waals surface area (Å²) >= 11 is 0. The Hall–Kier alpha value is -7.56. The molecule has 0 saturated carbocycles. The molecule has 72 heavy (non-hydrogen) atoms. The summed E-state index contributed by atoms with van der Waals surface area (Å²) in [5.74, 6) is 0. The zero-order chi connectivity index (χ0) is 50.4. The summed E-state index contributed by atoms with van der Waals surface area (Å²) in [5, 5.41) is -0.317. The van der Waals surface area contributed by atoms with Crippen molar-refractivity contribution in [3.8, 4) is 0 Å². The monoisotopic (exact) mass is 1070 g/mol. The summed E-state index contributed by atoms with van der Waals surface area (Å²) in [6.45, 7) is 0. The fraction of sp³-hybridized carbons (Fsp3) is 0. The normalized spacial score (nSPS) is 10.2. The molecule has 8 rings (SSSR count). The first-order chi connectivity index (χ1) is 32.0. The molecule has 0 aliphatic heterocycles. The van der Waals surface area contributed by atoms with E-state index in [0.29, 0.717) is 21.7 Å². The highest BCUT2D eigenvalue weighted by molar-refractivity contribution is 7.87. The van der Waals surface area contributed by atoms with Crippen molar-refractivity contribution in [3.05, 3.63) is 240 Å². The number of hydrogen-bond donors (Lipinski definition) is 0. The lowest BCUT2D eigenvalue weighted by Gasteiger charge is -2.14. The van der Waals surface area contributed by atoms with E-state index in [4.69, 9.17) is 19.2 Å². The Kier molecular flexibility index (Phi) is 29.2. The highest BCUT2D eigenvalue weighted by atomic mass is 32.2. The van der Waals surface area contributed by atoms with Gasteiger partial charge in [-0.15, -0.1) is 0 Å². The van der Waals surface area contributed by atoms with Gasteiger partial charge in [-0.1, -0.05) is 146 Å². The molecular weight excluding hydrogens is 1020 g/mol. The van der Waals surface area contributed by atoms with Gasteiger partial charge in [-0.25, -0.2) is 33.7 Å². The minimum atomic E-state index is -4.74. The first-order valence-electron chi connectivity index (χ1n) is 19.2. The van der Waals surface area contributed by atoms with E-state index >= 15 is 0 Å². The van der Waals surface area contributed by atoms with Crippen molar-refractivity contribution in [2.24, 2.45) is 0 Å². The van der Waals surface area contributed by atoms with Crippen molar-refractivity contribution in [2.75, 3.05) is 0 Å². The molecule has 8 aromatic rings. The quantitative estimate of drug-likeness (QED) is 0.174. The van der Waals surface area contributed by atoms with Crippen molar-refractivity contribution in [3.63, 3.8) is 0 Å². The van der Waals surface area contributed by atoms with Crippen LogP contribution in [0.5, 0.6) is 0 Å². The van der Waals surface area contributed by atoms with Gasteiger partial charge < -0.3 is 40.1 Å². The Morgan fingerprint density at radius 1 is 0.222 bits per heavy atom. The van der Waals surface area contributed by atoms with Crippen LogP contribution in [0.1, 0.15) is 0 Å². The smallest absolute Gasteiger partial charge is 0.340 e. The Morgan fingerprint density at radius 3 is 0.486 bits per heavy atom. The van der Waals surface area contributed by atoms with Crippen molar-refractivity contribution >= 4 is 62.0 Å². The molecule has 0 aliphatic carbocycles. The molecule has 0 aromatic heterocycles. The average Bonchev–Trinajstić information content (AvgIpc) is 3.87. The third-order valence-electron chi connectivity index (χ3n) is 8.23. The van der Waals surface area contributed by atoms with Gasteiger partial charge in [-0.05, 0) is 24.3 Å². The second-order valence-corrected chi connectivity index (χ2v) is 18.5. The topological polar surface area (TPSA) is 440 Å². The Morgan fingerprint density at radius 2 is 0.361 bits per heavy atom. The van der Waals surface area contributed by atoms with Crippen molar-refractivity contribution in [2.45, 2.75) is 19.6 Å². The van der Waals surface area contributed by atoms with Gasteiger partial charge in [0.2, 0.25) is 0 Å². The largest absolute Gasteiger partial charge is 0.744 e. The minimum Gasteiger partial charge on any atom is -0.744 e. The standard InChI is InChI=1S/2C10H8O6S2.4C7H6O.4H2O/c2*11-17(12,13)9-5-1-3-7-8(9)4-2-6-10(7)18(14,15)16;4*8-7-5-3-1-2-4-6-7;;;;/h2*1-6H,(H,11,12,13)(H,14,15,16);4*1-6H;4*1H2. The van der Waals surface area contributed by atoms with Crippen LogP contribution in [0.15, 0.2) is 238 Å². The van der Waals surface area contributed by atoms with Gasteiger partial charge in [0.05, 0.1) is 19.6 Å². The van der Waals surface area contributed by atoms with Crippen LogP contribution in [0.25, 0.3) is 21.5 Å². The average molecular weight is 1070 g/mol. The summed E-state index contributed by atoms with van der Waals surface area (Å²) < 4.78 is 132. The van der Waals surface area contributed by atoms with Crippen LogP contribution in [-0.2, 0) is 40.5 Å². The van der Waals surface area contributed by atoms with Gasteiger partial charge in [0.15, 0.2) is 0 Å². The predicted molar refractivity (Wildman–Crippen MR) is 260 cm³/mol. The summed E-state index contributed by atoms with van der Waals surface area (Å²) in [7, 11) is -19.0. The molecule has 0 bridgehead atoms. The van der Waals surface area contributed by atoms with E-state index in [0.717, 1.165) is 24.3 Å². The second kappa shape index (κ2) is 31.6. The van der Waals surface area contributed by atoms with Gasteiger partial charge in [0.1, 0.15) is 40.5 Å². The van der Waals surface area contributed by atoms with Crippen LogP contribution in [0.3, 0.4) is 0 Å². The predicted octanol–water partition coefficient (Wildman–Crippen LogP) is 0.762. The van der Waals surface area contributed by atoms with E-state index in [2.05, 4.69) is 0 Å². The van der Waals surface area contributed by atoms with E-state index in [-0.39, 0.29) is 43.4 Å². The highest BCUT2D eigenvalue weighted by Crippen LogP contribution is 2.29. The molecule has 8 aromatic carbocycles. The molecular formula is C48H48O20S4. The van der Waals surface area contributed by atoms with Gasteiger partial charge in [0.25, 0.3) is 0 Å². The molecule has 20 nitrogen and oxygen atoms in total. The minimum absolute atomic E-state index is 0. The summed E-state index contributed by atoms with van der Waals surface area (Å²) in [4.78, 5) is 33.0. The SMILES string of the molecule is O.O.O.O.O=S(=O)([O-])c1cccc2c(S(=O)(=O)[O-])cccc12.O=S(=O)([O-])c1cccc2c(S(=O)(=O)[O-])cccc12.[OH+]=c1cccccc1.[OH+]=c1cccccc1.[OH+]=c1cccccc1.[OH+]=c1cccccc1. The van der Waals surface area contributed by atoms with Crippen LogP contribution in [-0.4, -0.2) is 93.0 Å². The van der Waals surface area contributed by atoms with E-state index < -0.39 is 60.1 Å². The number of benzene rings is 4. The molecule has 0 fully saturated rings. The van der Waals surface area contributed by atoms with E-state index in [1.54, 1.807) is 97.1 Å². The van der Waals surface area contributed by atoms with Crippen molar-refractivity contribution in [1.29, 1.82) is 0 Å². The highest BCUT2D eigenvalue weighted by Gasteiger charge is 2.13. The zero-order valence-corrected chi connectivity index (χ0v) is 40.4. The third kappa shape index (κ3) is 23.4. The lowest BCUT2D eigenvalue weighted by molar-refractivity contribution is 0.461. The van der Waals surface area contributed by atoms with Gasteiger partial charge in [0, 0.05) is 70.1 Å². The van der Waals surface area contributed by atoms with Gasteiger partial charge >= 0.3 is 21.7 Å². The summed E-state index contributed by atoms with van der Waals surface area (Å²) in [5.41, 5.74) is 1.20. The molecule has 0 heterocycles. The van der Waals surface area contributed by atoms with Gasteiger partial charge in [-0.3, -0.25) is 19.2 Å². The lowest BCUT2D eigenvalue weighted by atomic mass is 10.1. The van der Waals surface area contributed by atoms with Crippen LogP contribution in [0.4, 0.5) is 0 Å². The third-order valence-corrected chi connectivity index (χ3v) is 11.8. The molecule has 0 unspecified atom stereocenters. The summed E-state index contributed by atoms with van der Waals surface area (Å²) in [6, 6.07) is 56.5. The second-order valence-electron chi connectivity index (χ2n) is 13.1. The van der Waals surface area contributed by atoms with Crippen molar-refractivity contribution in [1.82, 2.24) is 0 Å². The lowest BCUT2D eigenvalue weighted by Crippen LogP contribution is -2.03. The number of rotatable bonds is 4. The zero-order valence-electron chi connectivity index (χ0n) is 37.1.